The van der Waals surface area contributed by atoms with Gasteiger partial charge in [-0.1, -0.05) is 42.3 Å². The maximum absolute atomic E-state index is 14.3. The number of hydrogen-bond acceptors (Lipinski definition) is 13. The molecular formula is C47H62ClN5O13. The summed E-state index contributed by atoms with van der Waals surface area (Å²) in [5, 5.41) is 17.4. The van der Waals surface area contributed by atoms with E-state index < -0.39 is 77.5 Å². The van der Waals surface area contributed by atoms with Crippen molar-refractivity contribution in [2.24, 2.45) is 17.8 Å². The maximum Gasteiger partial charge on any atom is 0.409 e. The Balaban J connectivity index is 1.16. The third kappa shape index (κ3) is 11.1. The molecular weight excluding hydrogens is 878 g/mol. The lowest BCUT2D eigenvalue weighted by Crippen LogP contribution is -2.63. The maximum atomic E-state index is 14.3. The molecule has 6 rings (SSSR count). The number of nitrogens with zero attached hydrogens (tertiary/aromatic N) is 3. The van der Waals surface area contributed by atoms with Gasteiger partial charge in [0.1, 0.15) is 40.7 Å². The van der Waals surface area contributed by atoms with E-state index in [1.165, 1.54) is 43.2 Å². The number of esters is 1. The van der Waals surface area contributed by atoms with Crippen LogP contribution in [0.15, 0.2) is 48.1 Å². The van der Waals surface area contributed by atoms with Gasteiger partial charge in [-0.25, -0.2) is 9.59 Å². The summed E-state index contributed by atoms with van der Waals surface area (Å²) in [4.78, 5) is 95.1. The van der Waals surface area contributed by atoms with Crippen molar-refractivity contribution in [3.05, 3.63) is 58.7 Å². The van der Waals surface area contributed by atoms with E-state index >= 15 is 0 Å². The molecule has 5 aliphatic rings. The van der Waals surface area contributed by atoms with Gasteiger partial charge in [-0.15, -0.1) is 0 Å². The van der Waals surface area contributed by atoms with Crippen LogP contribution in [0, 0.1) is 17.8 Å². The molecule has 2 saturated heterocycles. The van der Waals surface area contributed by atoms with E-state index in [2.05, 4.69) is 10.6 Å². The van der Waals surface area contributed by atoms with Gasteiger partial charge >= 0.3 is 12.1 Å². The molecule has 4 bridgehead atoms. The van der Waals surface area contributed by atoms with Gasteiger partial charge in [-0.3, -0.25) is 34.2 Å². The highest BCUT2D eigenvalue weighted by atomic mass is 35.5. The molecule has 19 heteroatoms. The van der Waals surface area contributed by atoms with Crippen LogP contribution in [0.2, 0.25) is 5.02 Å². The number of halogens is 1. The van der Waals surface area contributed by atoms with Crippen LogP contribution in [0.1, 0.15) is 78.2 Å². The number of amides is 6. The lowest BCUT2D eigenvalue weighted by atomic mass is 9.81. The van der Waals surface area contributed by atoms with Crippen molar-refractivity contribution in [2.75, 3.05) is 46.3 Å². The number of likely N-dealkylation sites (N-methyl/N-ethyl adjacent to an activating group) is 1. The zero-order chi connectivity index (χ0) is 48.2. The molecule has 8 atom stereocenters. The minimum atomic E-state index is -1.86. The second-order valence-corrected chi connectivity index (χ2v) is 18.7. The Kier molecular flexibility index (Phi) is 15.7. The quantitative estimate of drug-likeness (QED) is 0.164. The van der Waals surface area contributed by atoms with Gasteiger partial charge in [-0.2, -0.15) is 0 Å². The smallest absolute Gasteiger partial charge is 0.409 e. The standard InChI is InChI=1S/C47H62ClN5O13/c1-26-10-9-11-35(63-8)47(61)24-34(64-45(60)50-47)27(2)42-46(4,66-42)36(23-40(57)52(6)32-21-30(20-26)22-33(62-7)41(32)48)65-44(59)28(3)51(5)43(58)31-14-12-29(13-15-31)25-49-37(54)18-19-53-38(55)16-17-39(53)56/h9-11,16-17,21-22,27-29,31,34-36,42,61H,12-15,18-20,23-25H2,1-8H3,(H,49,54)(H,50,60)/b11-9+,26-10+/t27-,28-,29?,31?,34+,35-,36?,42+,46+,47+/m1/s1. The Morgan fingerprint density at radius 2 is 1.77 bits per heavy atom. The van der Waals surface area contributed by atoms with E-state index in [1.54, 1.807) is 52.1 Å². The highest BCUT2D eigenvalue weighted by Crippen LogP contribution is 2.49. The zero-order valence-electron chi connectivity index (χ0n) is 38.8. The fraction of sp³-hybridized carbons (Fsp3) is 0.596. The summed E-state index contributed by atoms with van der Waals surface area (Å²) < 4.78 is 29.5. The van der Waals surface area contributed by atoms with Crippen LogP contribution >= 0.6 is 11.6 Å². The zero-order valence-corrected chi connectivity index (χ0v) is 39.6. The first kappa shape index (κ1) is 50.1. The molecule has 1 aliphatic carbocycles. The van der Waals surface area contributed by atoms with Gasteiger partial charge in [0.15, 0.2) is 5.72 Å². The third-order valence-corrected chi connectivity index (χ3v) is 14.1. The molecule has 0 radical (unpaired) electrons. The number of rotatable bonds is 11. The Morgan fingerprint density at radius 3 is 2.42 bits per heavy atom. The molecule has 360 valence electrons. The Hall–Kier alpha value is -5.30. The molecule has 6 amide bonds. The van der Waals surface area contributed by atoms with Crippen LogP contribution in [-0.4, -0.2) is 140 Å². The highest BCUT2D eigenvalue weighted by Gasteiger charge is 2.64. The Labute approximate surface area is 389 Å². The van der Waals surface area contributed by atoms with Crippen LogP contribution in [0.3, 0.4) is 0 Å². The van der Waals surface area contributed by atoms with Gasteiger partial charge in [-0.05, 0) is 76.5 Å². The number of ether oxygens (including phenoxy) is 5. The van der Waals surface area contributed by atoms with Crippen molar-refractivity contribution in [1.29, 1.82) is 0 Å². The van der Waals surface area contributed by atoms with Gasteiger partial charge in [0, 0.05) is 71.1 Å². The summed E-state index contributed by atoms with van der Waals surface area (Å²) in [5.41, 5.74) is -1.08. The number of allylic oxidation sites excluding steroid dienone is 3. The van der Waals surface area contributed by atoms with E-state index in [1.807, 2.05) is 13.0 Å². The van der Waals surface area contributed by atoms with Crippen LogP contribution in [0.4, 0.5) is 10.5 Å². The topological polar surface area (TPSA) is 223 Å². The SMILES string of the molecule is COc1cc2cc(c1Cl)N(C)C(=O)CC(OC(=O)[C@@H](C)N(C)C(=O)C1CCC(CNC(=O)CCN3C(=O)C=CC3=O)CC1)[C@]1(C)O[C@H]1[C@H](C)[C@@H]1C[C@@](O)(NC(=O)O1)[C@H](OC)/C=C/C=C(\C)C2. The Morgan fingerprint density at radius 1 is 1.09 bits per heavy atom. The number of methoxy groups -OCH3 is 2. The third-order valence-electron chi connectivity index (χ3n) is 13.7. The van der Waals surface area contributed by atoms with Crippen molar-refractivity contribution >= 4 is 58.9 Å². The minimum absolute atomic E-state index is 0.00377. The molecule has 3 N–H and O–H groups in total. The van der Waals surface area contributed by atoms with Gasteiger partial charge in [0.25, 0.3) is 11.8 Å². The van der Waals surface area contributed by atoms with Crippen LogP contribution in [0.5, 0.6) is 5.75 Å². The number of nitrogens with one attached hydrogen (secondary N) is 2. The first-order valence-corrected chi connectivity index (χ1v) is 22.7. The number of imide groups is 1. The van der Waals surface area contributed by atoms with Gasteiger partial charge in [0.2, 0.25) is 17.7 Å². The molecule has 4 heterocycles. The molecule has 18 nitrogen and oxygen atoms in total. The molecule has 1 unspecified atom stereocenters. The number of hydrogen-bond donors (Lipinski definition) is 3. The molecule has 0 spiro atoms. The number of fused-ring (bicyclic) bond motifs is 5. The molecule has 0 aromatic heterocycles. The van der Waals surface area contributed by atoms with Crippen LogP contribution < -0.4 is 20.3 Å². The highest BCUT2D eigenvalue weighted by molar-refractivity contribution is 6.35. The minimum Gasteiger partial charge on any atom is -0.495 e. The first-order chi connectivity index (χ1) is 31.2. The second kappa shape index (κ2) is 20.7. The van der Waals surface area contributed by atoms with Gasteiger partial charge in [0.05, 0.1) is 25.3 Å². The number of carbonyl (C=O) groups is 7. The lowest BCUT2D eigenvalue weighted by molar-refractivity contribution is -0.163. The number of anilines is 1. The van der Waals surface area contributed by atoms with E-state index in [4.69, 9.17) is 35.3 Å². The summed E-state index contributed by atoms with van der Waals surface area (Å²) in [6, 6.07) is 2.50. The number of carbonyl (C=O) groups excluding carboxylic acids is 7. The van der Waals surface area contributed by atoms with Crippen molar-refractivity contribution in [3.8, 4) is 5.75 Å². The monoisotopic (exact) mass is 939 g/mol. The number of alkyl carbamates (subject to hydrolysis) is 1. The average Bonchev–Trinajstić information content (AvgIpc) is 3.88. The fourth-order valence-corrected chi connectivity index (χ4v) is 9.62. The van der Waals surface area contributed by atoms with E-state index in [9.17, 15) is 38.7 Å². The normalized spacial score (nSPS) is 32.0. The Bertz CT molecular complexity index is 2150. The molecule has 1 aromatic rings. The van der Waals surface area contributed by atoms with E-state index in [0.29, 0.717) is 50.1 Å². The molecule has 3 fully saturated rings. The van der Waals surface area contributed by atoms with E-state index in [0.717, 1.165) is 16.0 Å². The van der Waals surface area contributed by atoms with Crippen molar-refractivity contribution in [1.82, 2.24) is 20.4 Å². The molecule has 66 heavy (non-hydrogen) atoms. The second-order valence-electron chi connectivity index (χ2n) is 18.3. The van der Waals surface area contributed by atoms with Crippen molar-refractivity contribution < 1.29 is 62.4 Å². The summed E-state index contributed by atoms with van der Waals surface area (Å²) >= 11 is 6.81. The molecule has 1 aromatic carbocycles. The fourth-order valence-electron chi connectivity index (χ4n) is 9.31. The summed E-state index contributed by atoms with van der Waals surface area (Å²) in [5.74, 6) is -3.12. The number of aliphatic hydroxyl groups is 1. The van der Waals surface area contributed by atoms with Crippen LogP contribution in [0.25, 0.3) is 0 Å². The predicted octanol–water partition coefficient (Wildman–Crippen LogP) is 3.75. The summed E-state index contributed by atoms with van der Waals surface area (Å²) in [6.45, 7) is 7.34. The first-order valence-electron chi connectivity index (χ1n) is 22.4. The van der Waals surface area contributed by atoms with Crippen molar-refractivity contribution in [2.45, 2.75) is 121 Å². The lowest BCUT2D eigenvalue weighted by Gasteiger charge is -2.42. The van der Waals surface area contributed by atoms with Gasteiger partial charge < -0.3 is 43.9 Å². The number of epoxide rings is 1. The summed E-state index contributed by atoms with van der Waals surface area (Å²) in [7, 11) is 5.99. The van der Waals surface area contributed by atoms with Crippen LogP contribution in [-0.2, 0) is 54.1 Å². The van der Waals surface area contributed by atoms with Crippen molar-refractivity contribution in [3.63, 3.8) is 0 Å². The predicted molar refractivity (Wildman–Crippen MR) is 240 cm³/mol. The average molecular weight is 940 g/mol. The van der Waals surface area contributed by atoms with E-state index in [-0.39, 0.29) is 54.5 Å². The number of benzene rings is 1. The molecule has 1 saturated carbocycles. The largest absolute Gasteiger partial charge is 0.495 e. The molecule has 4 aliphatic heterocycles. The summed E-state index contributed by atoms with van der Waals surface area (Å²) in [6.07, 6.45) is 5.32.